The summed E-state index contributed by atoms with van der Waals surface area (Å²) in [6.45, 7) is 8.08. The molecule has 6 nitrogen and oxygen atoms in total. The number of halogens is 1. The van der Waals surface area contributed by atoms with Crippen molar-refractivity contribution in [2.75, 3.05) is 24.6 Å². The van der Waals surface area contributed by atoms with Gasteiger partial charge in [0.25, 0.3) is 5.91 Å². The summed E-state index contributed by atoms with van der Waals surface area (Å²) in [6, 6.07) is 11.5. The highest BCUT2D eigenvalue weighted by molar-refractivity contribution is 7.90. The first kappa shape index (κ1) is 29.2. The second-order valence-corrected chi connectivity index (χ2v) is 14.7. The van der Waals surface area contributed by atoms with Gasteiger partial charge in [-0.2, -0.15) is 0 Å². The van der Waals surface area contributed by atoms with E-state index < -0.39 is 21.2 Å². The minimum atomic E-state index is -3.80. The number of rotatable bonds is 3. The molecule has 0 radical (unpaired) electrons. The number of sulfonamides is 1. The largest absolute Gasteiger partial charge is 0.491 e. The molecule has 0 aromatic heterocycles. The normalized spacial score (nSPS) is 28.9. The van der Waals surface area contributed by atoms with Crippen molar-refractivity contribution in [2.24, 2.45) is 17.8 Å². The van der Waals surface area contributed by atoms with Crippen LogP contribution in [0.25, 0.3) is 0 Å². The molecule has 2 heterocycles. The second kappa shape index (κ2) is 12.3. The van der Waals surface area contributed by atoms with Crippen LogP contribution in [0.2, 0.25) is 5.02 Å². The summed E-state index contributed by atoms with van der Waals surface area (Å²) in [4.78, 5) is 15.6. The van der Waals surface area contributed by atoms with Gasteiger partial charge in [-0.05, 0) is 91.8 Å². The number of hydrogen-bond donors (Lipinski definition) is 1. The van der Waals surface area contributed by atoms with Gasteiger partial charge in [0.15, 0.2) is 0 Å². The lowest BCUT2D eigenvalue weighted by Gasteiger charge is -2.41. The highest BCUT2D eigenvalue weighted by atomic mass is 35.5. The van der Waals surface area contributed by atoms with Crippen LogP contribution in [0.5, 0.6) is 5.75 Å². The Hall–Kier alpha value is -2.25. The number of nitrogens with zero attached hydrogens (tertiary/aromatic N) is 1. The molecule has 1 aliphatic carbocycles. The smallest absolute Gasteiger partial charge is 0.264 e. The van der Waals surface area contributed by atoms with Gasteiger partial charge in [-0.1, -0.05) is 57.2 Å². The zero-order chi connectivity index (χ0) is 28.4. The molecule has 0 spiro atoms. The van der Waals surface area contributed by atoms with E-state index in [4.69, 9.17) is 16.3 Å². The van der Waals surface area contributed by atoms with Crippen LogP contribution in [0.1, 0.15) is 93.1 Å². The summed E-state index contributed by atoms with van der Waals surface area (Å²) < 4.78 is 35.0. The maximum atomic E-state index is 13.2. The van der Waals surface area contributed by atoms with Crippen LogP contribution in [-0.2, 0) is 16.4 Å². The van der Waals surface area contributed by atoms with Gasteiger partial charge in [-0.25, -0.2) is 13.1 Å². The number of fused-ring (bicyclic) bond motifs is 2. The van der Waals surface area contributed by atoms with E-state index in [9.17, 15) is 13.2 Å². The number of amides is 1. The Kier molecular flexibility index (Phi) is 9.01. The van der Waals surface area contributed by atoms with Crippen LogP contribution >= 0.6 is 11.6 Å². The molecular weight excluding hydrogens is 544 g/mol. The Morgan fingerprint density at radius 2 is 1.77 bits per heavy atom. The molecule has 218 valence electrons. The van der Waals surface area contributed by atoms with Crippen molar-refractivity contribution < 1.29 is 17.9 Å². The molecule has 1 N–H and O–H groups in total. The van der Waals surface area contributed by atoms with Gasteiger partial charge in [-0.3, -0.25) is 4.79 Å². The molecule has 3 aliphatic rings. The number of hydrogen-bond acceptors (Lipinski definition) is 5. The van der Waals surface area contributed by atoms with Crippen LogP contribution < -0.4 is 14.4 Å². The van der Waals surface area contributed by atoms with E-state index in [2.05, 4.69) is 28.7 Å². The first-order valence-corrected chi connectivity index (χ1v) is 16.9. The number of anilines is 1. The fraction of sp³-hybridized carbons (Fsp3) is 0.594. The lowest BCUT2D eigenvalue weighted by molar-refractivity contribution is 0.0980. The number of benzene rings is 2. The highest BCUT2D eigenvalue weighted by Gasteiger charge is 2.36. The Bertz CT molecular complexity index is 1330. The Balaban J connectivity index is 1.51. The number of ether oxygens (including phenoxy) is 1. The fourth-order valence-electron chi connectivity index (χ4n) is 6.69. The number of aryl methyl sites for hydroxylation is 1. The lowest BCUT2D eigenvalue weighted by Crippen LogP contribution is -2.41. The van der Waals surface area contributed by atoms with Gasteiger partial charge in [0, 0.05) is 29.6 Å². The summed E-state index contributed by atoms with van der Waals surface area (Å²) in [7, 11) is -3.80. The Morgan fingerprint density at radius 1 is 1.00 bits per heavy atom. The monoisotopic (exact) mass is 586 g/mol. The molecule has 1 fully saturated rings. The third kappa shape index (κ3) is 6.30. The van der Waals surface area contributed by atoms with Gasteiger partial charge in [0.2, 0.25) is 10.0 Å². The maximum absolute atomic E-state index is 13.2. The zero-order valence-corrected chi connectivity index (χ0v) is 25.6. The minimum Gasteiger partial charge on any atom is -0.491 e. The van der Waals surface area contributed by atoms with Gasteiger partial charge in [0.05, 0.1) is 17.5 Å². The van der Waals surface area contributed by atoms with Crippen molar-refractivity contribution in [3.63, 3.8) is 0 Å². The van der Waals surface area contributed by atoms with Crippen molar-refractivity contribution in [1.29, 1.82) is 0 Å². The molecule has 2 aromatic rings. The third-order valence-electron chi connectivity index (χ3n) is 9.55. The van der Waals surface area contributed by atoms with E-state index in [1.54, 1.807) is 13.0 Å². The minimum absolute atomic E-state index is 0.0197. The molecule has 2 bridgehead atoms. The summed E-state index contributed by atoms with van der Waals surface area (Å²) in [5.74, 6) is 1.58. The van der Waals surface area contributed by atoms with Crippen molar-refractivity contribution in [2.45, 2.75) is 83.3 Å². The van der Waals surface area contributed by atoms with Gasteiger partial charge >= 0.3 is 0 Å². The quantitative estimate of drug-likeness (QED) is 0.421. The standard InChI is InChI=1S/C32H43ClN2O4S/c1-4-7-24-16-28(33)13-14-29(24)27-19-35-18-26-11-10-23(26)9-6-5-8-21(2)22(3)40(37,38)34-32(36)25-12-15-31(39-20-27)30(35)17-25/h12-17,21-23,26-27H,4-11,18-20H2,1-3H3,(H,34,36). The summed E-state index contributed by atoms with van der Waals surface area (Å²) in [5, 5.41) is 0.112. The molecule has 1 amide bonds. The SMILES string of the molecule is CCCc1cc(Cl)ccc1C1COc2ccc3cc2N(C1)CC1CCC1CCCCC(C)C(C)S(=O)(=O)NC3=O. The number of carbonyl (C=O) groups is 1. The molecule has 2 aromatic carbocycles. The van der Waals surface area contributed by atoms with E-state index in [-0.39, 0.29) is 11.8 Å². The second-order valence-electron chi connectivity index (χ2n) is 12.2. The van der Waals surface area contributed by atoms with E-state index >= 15 is 0 Å². The Morgan fingerprint density at radius 3 is 2.52 bits per heavy atom. The van der Waals surface area contributed by atoms with Crippen molar-refractivity contribution >= 4 is 33.2 Å². The Labute approximate surface area is 244 Å². The maximum Gasteiger partial charge on any atom is 0.264 e. The predicted octanol–water partition coefficient (Wildman–Crippen LogP) is 6.96. The summed E-state index contributed by atoms with van der Waals surface area (Å²) in [6.07, 6.45) is 8.63. The van der Waals surface area contributed by atoms with Crippen molar-refractivity contribution in [3.05, 3.63) is 58.1 Å². The summed E-state index contributed by atoms with van der Waals surface area (Å²) in [5.41, 5.74) is 3.74. The van der Waals surface area contributed by atoms with Crippen LogP contribution in [-0.4, -0.2) is 39.3 Å². The molecule has 8 heteroatoms. The average Bonchev–Trinajstić information content (AvgIpc) is 3.09. The van der Waals surface area contributed by atoms with Crippen LogP contribution in [0.3, 0.4) is 0 Å². The predicted molar refractivity (Wildman–Crippen MR) is 162 cm³/mol. The molecule has 2 aliphatic heterocycles. The molecule has 0 saturated heterocycles. The first-order valence-electron chi connectivity index (χ1n) is 15.0. The van der Waals surface area contributed by atoms with Crippen LogP contribution in [0.4, 0.5) is 5.69 Å². The molecule has 5 atom stereocenters. The molecule has 40 heavy (non-hydrogen) atoms. The fourth-order valence-corrected chi connectivity index (χ4v) is 8.20. The zero-order valence-electron chi connectivity index (χ0n) is 24.0. The number of carbonyl (C=O) groups excluding carboxylic acids is 1. The van der Waals surface area contributed by atoms with Gasteiger partial charge < -0.3 is 9.64 Å². The van der Waals surface area contributed by atoms with Crippen molar-refractivity contribution in [3.8, 4) is 5.75 Å². The molecule has 1 saturated carbocycles. The van der Waals surface area contributed by atoms with Crippen LogP contribution in [0.15, 0.2) is 36.4 Å². The summed E-state index contributed by atoms with van der Waals surface area (Å²) >= 11 is 6.38. The van der Waals surface area contributed by atoms with Gasteiger partial charge in [-0.15, -0.1) is 0 Å². The van der Waals surface area contributed by atoms with E-state index in [0.29, 0.717) is 24.0 Å². The topological polar surface area (TPSA) is 75.7 Å². The number of nitrogens with one attached hydrogen (secondary N) is 1. The van der Waals surface area contributed by atoms with Crippen molar-refractivity contribution in [1.82, 2.24) is 4.72 Å². The highest BCUT2D eigenvalue weighted by Crippen LogP contribution is 2.43. The van der Waals surface area contributed by atoms with Crippen LogP contribution in [0, 0.1) is 17.8 Å². The average molecular weight is 587 g/mol. The molecular formula is C32H43ClN2O4S. The molecule has 5 unspecified atom stereocenters. The lowest BCUT2D eigenvalue weighted by atomic mass is 9.70. The van der Waals surface area contributed by atoms with E-state index in [0.717, 1.165) is 61.7 Å². The third-order valence-corrected chi connectivity index (χ3v) is 11.7. The van der Waals surface area contributed by atoms with E-state index in [1.165, 1.54) is 30.4 Å². The van der Waals surface area contributed by atoms with E-state index in [1.807, 2.05) is 25.1 Å². The first-order chi connectivity index (χ1) is 19.2. The van der Waals surface area contributed by atoms with Gasteiger partial charge in [0.1, 0.15) is 5.75 Å². The molecule has 5 rings (SSSR count).